The molecule has 0 saturated carbocycles. The van der Waals surface area contributed by atoms with E-state index in [9.17, 15) is 0 Å². The highest BCUT2D eigenvalue weighted by molar-refractivity contribution is 5.99. The van der Waals surface area contributed by atoms with Crippen molar-refractivity contribution in [3.8, 4) is 0 Å². The fourth-order valence-corrected chi connectivity index (χ4v) is 5.58. The molecule has 2 atom stereocenters. The molecular weight excluding hydrogens is 318 g/mol. The first-order valence-corrected chi connectivity index (χ1v) is 10.1. The number of hydrogen-bond acceptors (Lipinski definition) is 1. The summed E-state index contributed by atoms with van der Waals surface area (Å²) in [5.74, 6) is 2.12. The second-order valence-electron chi connectivity index (χ2n) is 8.64. The van der Waals surface area contributed by atoms with Crippen molar-refractivity contribution in [1.29, 1.82) is 0 Å². The van der Waals surface area contributed by atoms with Gasteiger partial charge in [-0.25, -0.2) is 17.6 Å². The summed E-state index contributed by atoms with van der Waals surface area (Å²) in [6, 6.07) is 4.67. The fourth-order valence-electron chi connectivity index (χ4n) is 5.58. The van der Waals surface area contributed by atoms with Gasteiger partial charge in [-0.05, 0) is 37.6 Å². The second kappa shape index (κ2) is 6.38. The molecule has 2 saturated heterocycles. The van der Waals surface area contributed by atoms with Gasteiger partial charge in [0.15, 0.2) is 6.54 Å². The summed E-state index contributed by atoms with van der Waals surface area (Å²) in [5, 5.41) is 0. The Labute approximate surface area is 159 Å². The van der Waals surface area contributed by atoms with Crippen LogP contribution >= 0.6 is 0 Å². The van der Waals surface area contributed by atoms with Crippen molar-refractivity contribution in [2.24, 2.45) is 5.92 Å². The molecule has 26 heavy (non-hydrogen) atoms. The third kappa shape index (κ3) is 2.73. The van der Waals surface area contributed by atoms with E-state index in [0.717, 1.165) is 13.1 Å². The zero-order valence-electron chi connectivity index (χ0n) is 17.2. The molecule has 3 nitrogen and oxygen atoms in total. The van der Waals surface area contributed by atoms with E-state index in [0.29, 0.717) is 5.92 Å². The predicted molar refractivity (Wildman–Crippen MR) is 109 cm³/mol. The summed E-state index contributed by atoms with van der Waals surface area (Å²) in [4.78, 5) is 4.27. The number of aryl methyl sites for hydroxylation is 3. The Balaban J connectivity index is 1.80. The predicted octanol–water partition coefficient (Wildman–Crippen LogP) is 2.81. The molecule has 0 spiro atoms. The molecule has 3 aliphatic rings. The van der Waals surface area contributed by atoms with Crippen molar-refractivity contribution in [1.82, 2.24) is 0 Å². The number of nitrogens with one attached hydrogen (secondary N) is 1. The summed E-state index contributed by atoms with van der Waals surface area (Å²) < 4.78 is 2.66. The third-order valence-corrected chi connectivity index (χ3v) is 6.26. The van der Waals surface area contributed by atoms with Crippen molar-refractivity contribution < 1.29 is 9.48 Å². The van der Waals surface area contributed by atoms with Gasteiger partial charge in [-0.2, -0.15) is 0 Å². The van der Waals surface area contributed by atoms with Crippen LogP contribution in [0.5, 0.6) is 0 Å². The summed E-state index contributed by atoms with van der Waals surface area (Å²) >= 11 is 0. The average molecular weight is 352 g/mol. The number of quaternary nitrogens is 1. The molecular formula is C23H33N3. The highest BCUT2D eigenvalue weighted by atomic mass is 15.6. The van der Waals surface area contributed by atoms with E-state index in [1.54, 1.807) is 10.6 Å². The van der Waals surface area contributed by atoms with E-state index in [4.69, 9.17) is 0 Å². The number of hydrogen-bond donors (Lipinski definition) is 1. The van der Waals surface area contributed by atoms with Gasteiger partial charge in [-0.1, -0.05) is 30.5 Å². The van der Waals surface area contributed by atoms with Crippen LogP contribution in [-0.2, 0) is 0 Å². The fraction of sp³-hybridized carbons (Fsp3) is 0.522. The molecule has 1 aromatic rings. The number of nitrogens with zero attached hydrogens (tertiary/aromatic N) is 2. The zero-order valence-corrected chi connectivity index (χ0v) is 17.2. The third-order valence-electron chi connectivity index (χ3n) is 6.26. The van der Waals surface area contributed by atoms with Gasteiger partial charge >= 0.3 is 6.29 Å². The van der Waals surface area contributed by atoms with Gasteiger partial charge in [-0.15, -0.1) is 20.3 Å². The maximum atomic E-state index is 2.66. The van der Waals surface area contributed by atoms with Gasteiger partial charge in [-0.3, -0.25) is 4.90 Å². The maximum Gasteiger partial charge on any atom is 0.311 e. The maximum absolute atomic E-state index is 2.66. The van der Waals surface area contributed by atoms with Crippen molar-refractivity contribution in [2.75, 3.05) is 31.1 Å². The van der Waals surface area contributed by atoms with Crippen molar-refractivity contribution in [3.63, 3.8) is 0 Å². The lowest BCUT2D eigenvalue weighted by Gasteiger charge is -2.38. The van der Waals surface area contributed by atoms with E-state index in [2.05, 4.69) is 69.2 Å². The summed E-state index contributed by atoms with van der Waals surface area (Å²) in [6.07, 6.45) is 5.08. The molecule has 1 aliphatic carbocycles. The number of anilines is 1. The standard InChI is InChI=1S/C23H33N3/c1-15-11-17(3)21(18(4)12-15)25-9-7-24-8-10-26(23(24)25)22-19(5)13-16(2)14-20(22)6/h11-13,20,24H,7-10,14H2,1-6H3/b26-22+. The molecule has 3 heteroatoms. The molecule has 140 valence electrons. The topological polar surface area (TPSA) is 10.7 Å². The molecule has 1 N–H and O–H groups in total. The lowest BCUT2D eigenvalue weighted by atomic mass is 9.83. The van der Waals surface area contributed by atoms with Gasteiger partial charge in [0.1, 0.15) is 6.54 Å². The van der Waals surface area contributed by atoms with Gasteiger partial charge in [0, 0.05) is 5.69 Å². The van der Waals surface area contributed by atoms with Gasteiger partial charge < -0.3 is 9.48 Å². The molecule has 2 unspecified atom stereocenters. The zero-order chi connectivity index (χ0) is 18.6. The van der Waals surface area contributed by atoms with Crippen LogP contribution in [0.2, 0.25) is 0 Å². The molecule has 0 radical (unpaired) electrons. The van der Waals surface area contributed by atoms with Crippen LogP contribution in [0.3, 0.4) is 0 Å². The van der Waals surface area contributed by atoms with Crippen molar-refractivity contribution >= 4 is 11.4 Å². The van der Waals surface area contributed by atoms with Crippen molar-refractivity contribution in [2.45, 2.75) is 48.0 Å². The SMILES string of the molecule is CC1=C[C-](C)CC(C)/C1=[N+]1\CC[NH+]2CCN(c3c(C)cc(C)cc3C)[C-]12. The molecule has 0 aromatic heterocycles. The van der Waals surface area contributed by atoms with Gasteiger partial charge in [0.05, 0.1) is 13.1 Å². The molecule has 2 aliphatic heterocycles. The van der Waals surface area contributed by atoms with Gasteiger partial charge in [0.25, 0.3) is 0 Å². The minimum Gasteiger partial charge on any atom is -0.314 e. The first-order chi connectivity index (χ1) is 12.4. The average Bonchev–Trinajstić information content (AvgIpc) is 3.09. The molecule has 4 rings (SSSR count). The Morgan fingerprint density at radius 2 is 1.81 bits per heavy atom. The van der Waals surface area contributed by atoms with E-state index >= 15 is 0 Å². The largest absolute Gasteiger partial charge is 0.314 e. The lowest BCUT2D eigenvalue weighted by molar-refractivity contribution is -0.900. The van der Waals surface area contributed by atoms with E-state index in [1.165, 1.54) is 59.7 Å². The first-order valence-electron chi connectivity index (χ1n) is 10.1. The summed E-state index contributed by atoms with van der Waals surface area (Å²) in [5.41, 5.74) is 8.61. The Kier molecular flexibility index (Phi) is 4.31. The van der Waals surface area contributed by atoms with Crippen molar-refractivity contribution in [3.05, 3.63) is 52.7 Å². The highest BCUT2D eigenvalue weighted by Gasteiger charge is 2.46. The monoisotopic (exact) mass is 351 g/mol. The van der Waals surface area contributed by atoms with E-state index in [-0.39, 0.29) is 0 Å². The molecule has 0 bridgehead atoms. The van der Waals surface area contributed by atoms with Crippen LogP contribution in [0.25, 0.3) is 0 Å². The minimum absolute atomic E-state index is 0.606. The first kappa shape index (κ1) is 17.5. The molecule has 0 amide bonds. The smallest absolute Gasteiger partial charge is 0.311 e. The van der Waals surface area contributed by atoms with Crippen LogP contribution < -0.4 is 9.80 Å². The molecule has 2 fully saturated rings. The Morgan fingerprint density at radius 3 is 2.46 bits per heavy atom. The number of benzene rings is 1. The summed E-state index contributed by atoms with van der Waals surface area (Å²) in [6.45, 7) is 18.4. The van der Waals surface area contributed by atoms with Crippen LogP contribution in [0.4, 0.5) is 5.69 Å². The Bertz CT molecular complexity index is 766. The van der Waals surface area contributed by atoms with Gasteiger partial charge in [0.2, 0.25) is 0 Å². The van der Waals surface area contributed by atoms with E-state index < -0.39 is 0 Å². The van der Waals surface area contributed by atoms with Crippen LogP contribution in [-0.4, -0.2) is 36.5 Å². The Hall–Kier alpha value is -1.87. The molecule has 2 heterocycles. The quantitative estimate of drug-likeness (QED) is 0.605. The summed E-state index contributed by atoms with van der Waals surface area (Å²) in [7, 11) is 0. The second-order valence-corrected chi connectivity index (χ2v) is 8.64. The van der Waals surface area contributed by atoms with Crippen LogP contribution in [0, 0.1) is 38.9 Å². The lowest BCUT2D eigenvalue weighted by Crippen LogP contribution is -3.10. The van der Waals surface area contributed by atoms with E-state index in [1.807, 2.05) is 0 Å². The molecule has 1 aromatic carbocycles. The van der Waals surface area contributed by atoms with Crippen LogP contribution in [0.15, 0.2) is 23.8 Å². The normalized spacial score (nSPS) is 28.7. The minimum atomic E-state index is 0.606. The number of fused-ring (bicyclic) bond motifs is 1. The highest BCUT2D eigenvalue weighted by Crippen LogP contribution is 2.33. The Morgan fingerprint density at radius 1 is 1.12 bits per heavy atom. The number of rotatable bonds is 1. The number of allylic oxidation sites excluding steroid dienone is 2. The van der Waals surface area contributed by atoms with Crippen LogP contribution in [0.1, 0.15) is 43.9 Å².